The standard InChI is InChI=1S/C35H62N2O12/c1-16-14-35(15-44-35)32(36-42)19(4)27(38)18(3)22(7)47-33(41)21(6)31(48-26-13-25(43-11)28(39)23(8)46-26)20(5)30(16)49-34-29(40)24(37(9)10)12-17(2)45-34/h16-31,34,38-40,42H,12-15H2,1-11H3/b36-32-/t16-,17+,18-,19+,20+,21+,22+,23-,24-,25-,26-,27-,28-,29+,30-,31?,34-,35+/m0/s1. The van der Waals surface area contributed by atoms with E-state index < -0.39 is 96.7 Å². The van der Waals surface area contributed by atoms with E-state index >= 15 is 0 Å². The van der Waals surface area contributed by atoms with Gasteiger partial charge in [-0.3, -0.25) is 4.79 Å². The lowest BCUT2D eigenvalue weighted by Gasteiger charge is -2.46. The fourth-order valence-electron chi connectivity index (χ4n) is 8.09. The lowest BCUT2D eigenvalue weighted by Crippen LogP contribution is -2.57. The summed E-state index contributed by atoms with van der Waals surface area (Å²) in [5.74, 6) is -3.30. The van der Waals surface area contributed by atoms with Crippen molar-refractivity contribution in [2.45, 2.75) is 154 Å². The zero-order valence-electron chi connectivity index (χ0n) is 31.1. The molecule has 0 saturated carbocycles. The molecule has 4 saturated heterocycles. The summed E-state index contributed by atoms with van der Waals surface area (Å²) in [5, 5.41) is 47.4. The van der Waals surface area contributed by atoms with Gasteiger partial charge in [-0.05, 0) is 60.5 Å². The summed E-state index contributed by atoms with van der Waals surface area (Å²) >= 11 is 0. The molecule has 14 heteroatoms. The number of hydrogen-bond acceptors (Lipinski definition) is 14. The van der Waals surface area contributed by atoms with Crippen molar-refractivity contribution in [2.24, 2.45) is 34.7 Å². The highest BCUT2D eigenvalue weighted by Gasteiger charge is 2.56. The fourth-order valence-corrected chi connectivity index (χ4v) is 8.09. The molecule has 4 N–H and O–H groups in total. The van der Waals surface area contributed by atoms with Crippen LogP contribution in [0.25, 0.3) is 0 Å². The summed E-state index contributed by atoms with van der Waals surface area (Å²) < 4.78 is 43.3. The van der Waals surface area contributed by atoms with Crippen LogP contribution >= 0.6 is 0 Å². The van der Waals surface area contributed by atoms with Gasteiger partial charge in [-0.15, -0.1) is 0 Å². The van der Waals surface area contributed by atoms with Gasteiger partial charge in [-0.1, -0.05) is 32.9 Å². The van der Waals surface area contributed by atoms with E-state index in [4.69, 9.17) is 33.2 Å². The summed E-state index contributed by atoms with van der Waals surface area (Å²) in [4.78, 5) is 15.9. The Balaban J connectivity index is 1.77. The number of cyclic esters (lactones) is 1. The van der Waals surface area contributed by atoms with Crippen LogP contribution < -0.4 is 0 Å². The van der Waals surface area contributed by atoms with E-state index in [1.165, 1.54) is 7.11 Å². The number of aliphatic hydroxyl groups excluding tert-OH is 3. The summed E-state index contributed by atoms with van der Waals surface area (Å²) in [6.45, 7) is 14.9. The fraction of sp³-hybridized carbons (Fsp3) is 0.943. The van der Waals surface area contributed by atoms with Gasteiger partial charge < -0.3 is 58.6 Å². The molecule has 0 aromatic rings. The van der Waals surface area contributed by atoms with Crippen LogP contribution in [0.2, 0.25) is 0 Å². The average Bonchev–Trinajstić information content (AvgIpc) is 3.82. The Bertz CT molecular complexity index is 1120. The van der Waals surface area contributed by atoms with Crippen molar-refractivity contribution in [3.63, 3.8) is 0 Å². The van der Waals surface area contributed by atoms with Crippen LogP contribution in [-0.2, 0) is 38.0 Å². The third-order valence-electron chi connectivity index (χ3n) is 11.5. The number of rotatable bonds is 6. The van der Waals surface area contributed by atoms with E-state index in [1.807, 2.05) is 39.8 Å². The number of likely N-dealkylation sites (N-methyl/N-ethyl adjacent to an activating group) is 1. The molecule has 0 aromatic carbocycles. The van der Waals surface area contributed by atoms with Gasteiger partial charge in [0.2, 0.25) is 0 Å². The molecule has 4 fully saturated rings. The molecule has 0 bridgehead atoms. The molecule has 4 heterocycles. The lowest BCUT2D eigenvalue weighted by molar-refractivity contribution is -0.299. The van der Waals surface area contributed by atoms with Crippen molar-refractivity contribution >= 4 is 11.7 Å². The third kappa shape index (κ3) is 8.78. The van der Waals surface area contributed by atoms with Gasteiger partial charge in [0, 0.05) is 37.3 Å². The number of oxime groups is 1. The Morgan fingerprint density at radius 2 is 1.49 bits per heavy atom. The molecule has 1 spiro atoms. The molecule has 0 radical (unpaired) electrons. The highest BCUT2D eigenvalue weighted by Crippen LogP contribution is 2.44. The number of ether oxygens (including phenoxy) is 7. The van der Waals surface area contributed by atoms with Crippen LogP contribution in [0.4, 0.5) is 0 Å². The average molecular weight is 703 g/mol. The maximum absolute atomic E-state index is 13.9. The van der Waals surface area contributed by atoms with Crippen LogP contribution in [0.5, 0.6) is 0 Å². The van der Waals surface area contributed by atoms with Crippen molar-refractivity contribution in [3.05, 3.63) is 0 Å². The Morgan fingerprint density at radius 3 is 2.06 bits per heavy atom. The molecule has 49 heavy (non-hydrogen) atoms. The second kappa shape index (κ2) is 16.5. The molecule has 4 aliphatic rings. The SMILES string of the molecule is CO[C@H]1C[C@H](OC2[C@@H](C)C(=O)O[C@H](C)[C@H](C)[C@H](O)[C@@H](C)/C(=N/O)[C@]3(CO3)C[C@H](C)[C@H](O[C@@H]3O[C@H](C)C[C@H](N(C)C)[C@H]3O)[C@H]2C)O[C@@H](C)[C@@H]1O. The number of hydrogen-bond donors (Lipinski definition) is 4. The predicted molar refractivity (Wildman–Crippen MR) is 178 cm³/mol. The van der Waals surface area contributed by atoms with Gasteiger partial charge >= 0.3 is 5.97 Å². The van der Waals surface area contributed by atoms with Gasteiger partial charge in [-0.2, -0.15) is 0 Å². The van der Waals surface area contributed by atoms with Crippen molar-refractivity contribution in [3.8, 4) is 0 Å². The van der Waals surface area contributed by atoms with Crippen molar-refractivity contribution in [1.29, 1.82) is 0 Å². The highest BCUT2D eigenvalue weighted by molar-refractivity contribution is 5.96. The van der Waals surface area contributed by atoms with Crippen LogP contribution in [0, 0.1) is 29.6 Å². The Morgan fingerprint density at radius 1 is 0.837 bits per heavy atom. The quantitative estimate of drug-likeness (QED) is 0.137. The molecule has 4 aliphatic heterocycles. The molecule has 14 nitrogen and oxygen atoms in total. The van der Waals surface area contributed by atoms with E-state index in [0.717, 1.165) is 0 Å². The van der Waals surface area contributed by atoms with E-state index in [0.29, 0.717) is 25.2 Å². The topological polar surface area (TPSA) is 182 Å². The van der Waals surface area contributed by atoms with Gasteiger partial charge in [0.05, 0.1) is 54.9 Å². The van der Waals surface area contributed by atoms with Crippen LogP contribution in [0.3, 0.4) is 0 Å². The zero-order valence-corrected chi connectivity index (χ0v) is 31.1. The second-order valence-electron chi connectivity index (χ2n) is 15.4. The molecule has 0 aliphatic carbocycles. The van der Waals surface area contributed by atoms with E-state index in [1.54, 1.807) is 34.6 Å². The number of carbonyl (C=O) groups excluding carboxylic acids is 1. The second-order valence-corrected chi connectivity index (χ2v) is 15.4. The number of nitrogens with zero attached hydrogens (tertiary/aromatic N) is 2. The molecule has 18 atom stereocenters. The van der Waals surface area contributed by atoms with Crippen LogP contribution in [0.15, 0.2) is 5.16 Å². The summed E-state index contributed by atoms with van der Waals surface area (Å²) in [5.41, 5.74) is -0.637. The lowest BCUT2D eigenvalue weighted by atomic mass is 9.76. The number of esters is 1. The van der Waals surface area contributed by atoms with Gasteiger partial charge in [0.15, 0.2) is 12.6 Å². The molecule has 0 amide bonds. The minimum atomic E-state index is -1.01. The molecule has 4 rings (SSSR count). The van der Waals surface area contributed by atoms with E-state index in [-0.39, 0.29) is 24.5 Å². The summed E-state index contributed by atoms with van der Waals surface area (Å²) in [6, 6.07) is -0.217. The Labute approximate surface area is 291 Å². The number of methoxy groups -OCH3 is 1. The van der Waals surface area contributed by atoms with Crippen molar-refractivity contribution in [2.75, 3.05) is 27.8 Å². The molecular formula is C35H62N2O12. The van der Waals surface area contributed by atoms with Crippen molar-refractivity contribution < 1.29 is 58.5 Å². The van der Waals surface area contributed by atoms with E-state index in [9.17, 15) is 25.3 Å². The van der Waals surface area contributed by atoms with Crippen LogP contribution in [-0.4, -0.2) is 144 Å². The molecular weight excluding hydrogens is 640 g/mol. The van der Waals surface area contributed by atoms with Gasteiger partial charge in [0.1, 0.15) is 23.9 Å². The minimum absolute atomic E-state index is 0.197. The first kappa shape index (κ1) is 40.3. The highest BCUT2D eigenvalue weighted by atomic mass is 16.7. The zero-order chi connectivity index (χ0) is 36.5. The summed E-state index contributed by atoms with van der Waals surface area (Å²) in [7, 11) is 5.33. The predicted octanol–water partition coefficient (Wildman–Crippen LogP) is 2.17. The number of epoxide rings is 1. The maximum atomic E-state index is 13.9. The number of carbonyl (C=O) groups is 1. The first-order chi connectivity index (χ1) is 23.0. The maximum Gasteiger partial charge on any atom is 0.311 e. The first-order valence-electron chi connectivity index (χ1n) is 17.9. The summed E-state index contributed by atoms with van der Waals surface area (Å²) in [6.07, 6.45) is -6.97. The Kier molecular flexibility index (Phi) is 13.6. The minimum Gasteiger partial charge on any atom is -0.462 e. The first-order valence-corrected chi connectivity index (χ1v) is 17.9. The third-order valence-corrected chi connectivity index (χ3v) is 11.5. The van der Waals surface area contributed by atoms with Gasteiger partial charge in [0.25, 0.3) is 0 Å². The van der Waals surface area contributed by atoms with Gasteiger partial charge in [-0.25, -0.2) is 0 Å². The normalized spacial score (nSPS) is 49.9. The number of aliphatic hydroxyl groups is 3. The van der Waals surface area contributed by atoms with Crippen LogP contribution in [0.1, 0.15) is 74.7 Å². The molecule has 284 valence electrons. The van der Waals surface area contributed by atoms with E-state index in [2.05, 4.69) is 5.16 Å². The Hall–Kier alpha value is -1.46. The molecule has 0 aromatic heterocycles. The monoisotopic (exact) mass is 702 g/mol. The smallest absolute Gasteiger partial charge is 0.311 e. The largest absolute Gasteiger partial charge is 0.462 e. The molecule has 1 unspecified atom stereocenters. The van der Waals surface area contributed by atoms with Crippen molar-refractivity contribution in [1.82, 2.24) is 4.90 Å².